The second-order valence-electron chi connectivity index (χ2n) is 5.13. The van der Waals surface area contributed by atoms with Gasteiger partial charge in [-0.3, -0.25) is 5.32 Å². The second kappa shape index (κ2) is 6.69. The van der Waals surface area contributed by atoms with E-state index in [2.05, 4.69) is 15.5 Å². The van der Waals surface area contributed by atoms with Crippen LogP contribution in [0.15, 0.2) is 28.4 Å². The number of carbonyl (C=O) groups is 1. The van der Waals surface area contributed by atoms with Crippen LogP contribution in [0.25, 0.3) is 0 Å². The summed E-state index contributed by atoms with van der Waals surface area (Å²) in [6, 6.07) is 3.76. The second-order valence-corrected chi connectivity index (χ2v) is 5.13. The molecule has 1 amide bonds. The topological polar surface area (TPSA) is 115 Å². The first-order chi connectivity index (χ1) is 9.67. The van der Waals surface area contributed by atoms with E-state index in [9.17, 15) is 9.18 Å². The number of nitrogens with two attached hydrogens (primary N) is 2. The lowest BCUT2D eigenvalue weighted by Gasteiger charge is -2.20. The third-order valence-electron chi connectivity index (χ3n) is 2.02. The van der Waals surface area contributed by atoms with Crippen LogP contribution in [-0.2, 0) is 4.74 Å². The molecule has 0 saturated heterocycles. The number of ether oxygens (including phenoxy) is 1. The fraction of sp³-hybridized carbons (Fsp3) is 0.308. The van der Waals surface area contributed by atoms with E-state index >= 15 is 0 Å². The first-order valence-corrected chi connectivity index (χ1v) is 6.09. The predicted octanol–water partition coefficient (Wildman–Crippen LogP) is 1.78. The lowest BCUT2D eigenvalue weighted by molar-refractivity contribution is 0.0636. The summed E-state index contributed by atoms with van der Waals surface area (Å²) in [4.78, 5) is 11.7. The Kier molecular flexibility index (Phi) is 5.23. The zero-order valence-corrected chi connectivity index (χ0v) is 12.1. The summed E-state index contributed by atoms with van der Waals surface area (Å²) in [7, 11) is 0. The standard InChI is InChI=1S/C13H18FN5O2/c1-13(2,3)21-12(20)18-10-5-4-9(14)6-8(10)7-17-19-11(15)16/h4-7H,1-3H3,(H,18,20)(H4,15,16,19). The highest BCUT2D eigenvalue weighted by Gasteiger charge is 2.17. The van der Waals surface area contributed by atoms with E-state index < -0.39 is 17.5 Å². The van der Waals surface area contributed by atoms with Crippen molar-refractivity contribution in [1.29, 1.82) is 0 Å². The van der Waals surface area contributed by atoms with E-state index in [-0.39, 0.29) is 5.96 Å². The van der Waals surface area contributed by atoms with Crippen LogP contribution in [0, 0.1) is 5.82 Å². The molecule has 0 bridgehead atoms. The highest BCUT2D eigenvalue weighted by molar-refractivity contribution is 5.95. The summed E-state index contributed by atoms with van der Waals surface area (Å²) in [5.74, 6) is -0.722. The van der Waals surface area contributed by atoms with E-state index in [1.165, 1.54) is 24.4 Å². The van der Waals surface area contributed by atoms with Gasteiger partial charge in [-0.1, -0.05) is 0 Å². The zero-order valence-electron chi connectivity index (χ0n) is 12.1. The molecule has 114 valence electrons. The highest BCUT2D eigenvalue weighted by atomic mass is 19.1. The van der Waals surface area contributed by atoms with Crippen LogP contribution in [0.4, 0.5) is 14.9 Å². The van der Waals surface area contributed by atoms with Crippen molar-refractivity contribution < 1.29 is 13.9 Å². The molecule has 1 aromatic carbocycles. The lowest BCUT2D eigenvalue weighted by atomic mass is 10.2. The van der Waals surface area contributed by atoms with Gasteiger partial charge in [-0.25, -0.2) is 9.18 Å². The minimum atomic E-state index is -0.661. The maximum absolute atomic E-state index is 13.3. The fourth-order valence-electron chi connectivity index (χ4n) is 1.33. The molecule has 0 saturated carbocycles. The first-order valence-electron chi connectivity index (χ1n) is 6.09. The number of benzene rings is 1. The van der Waals surface area contributed by atoms with Crippen LogP contribution in [0.3, 0.4) is 0 Å². The first kappa shape index (κ1) is 16.4. The molecule has 0 heterocycles. The number of halogens is 1. The van der Waals surface area contributed by atoms with Crippen LogP contribution >= 0.6 is 0 Å². The number of hydrogen-bond acceptors (Lipinski definition) is 4. The molecule has 0 unspecified atom stereocenters. The van der Waals surface area contributed by atoms with Gasteiger partial charge in [0.1, 0.15) is 11.4 Å². The molecular formula is C13H18FN5O2. The Morgan fingerprint density at radius 2 is 2.05 bits per heavy atom. The van der Waals surface area contributed by atoms with Crippen molar-refractivity contribution in [3.05, 3.63) is 29.6 Å². The average molecular weight is 295 g/mol. The molecule has 0 aliphatic heterocycles. The van der Waals surface area contributed by atoms with Gasteiger partial charge in [0.25, 0.3) is 0 Å². The van der Waals surface area contributed by atoms with Crippen molar-refractivity contribution in [1.82, 2.24) is 0 Å². The summed E-state index contributed by atoms with van der Waals surface area (Å²) in [5.41, 5.74) is 10.2. The fourth-order valence-corrected chi connectivity index (χ4v) is 1.33. The Hall–Kier alpha value is -2.64. The minimum absolute atomic E-state index is 0.232. The van der Waals surface area contributed by atoms with E-state index in [4.69, 9.17) is 16.2 Å². The molecule has 1 aromatic rings. The smallest absolute Gasteiger partial charge is 0.412 e. The van der Waals surface area contributed by atoms with Crippen molar-refractivity contribution in [2.75, 3.05) is 5.32 Å². The van der Waals surface area contributed by atoms with Crippen LogP contribution in [0.1, 0.15) is 26.3 Å². The van der Waals surface area contributed by atoms with Gasteiger partial charge in [0, 0.05) is 5.56 Å². The number of carbonyl (C=O) groups excluding carboxylic acids is 1. The Morgan fingerprint density at radius 3 is 2.62 bits per heavy atom. The molecule has 0 aliphatic carbocycles. The number of amides is 1. The maximum Gasteiger partial charge on any atom is 0.412 e. The number of hydrogen-bond donors (Lipinski definition) is 3. The highest BCUT2D eigenvalue weighted by Crippen LogP contribution is 2.17. The molecule has 0 spiro atoms. The van der Waals surface area contributed by atoms with Crippen molar-refractivity contribution in [3.8, 4) is 0 Å². The summed E-state index contributed by atoms with van der Waals surface area (Å²) in [6.07, 6.45) is 0.556. The molecule has 0 aromatic heterocycles. The molecule has 0 atom stereocenters. The molecule has 1 rings (SSSR count). The Bertz CT molecular complexity index is 574. The van der Waals surface area contributed by atoms with Crippen molar-refractivity contribution >= 4 is 24.0 Å². The molecule has 0 radical (unpaired) electrons. The van der Waals surface area contributed by atoms with Gasteiger partial charge in [0.2, 0.25) is 5.96 Å². The lowest BCUT2D eigenvalue weighted by Crippen LogP contribution is -2.27. The molecule has 0 fully saturated rings. The van der Waals surface area contributed by atoms with E-state index in [1.807, 2.05) is 0 Å². The number of guanidine groups is 1. The predicted molar refractivity (Wildman–Crippen MR) is 79.7 cm³/mol. The van der Waals surface area contributed by atoms with Gasteiger partial charge in [-0.15, -0.1) is 5.10 Å². The largest absolute Gasteiger partial charge is 0.444 e. The number of anilines is 1. The Morgan fingerprint density at radius 1 is 1.38 bits per heavy atom. The molecule has 5 N–H and O–H groups in total. The van der Waals surface area contributed by atoms with Gasteiger partial charge in [-0.2, -0.15) is 5.10 Å². The van der Waals surface area contributed by atoms with Crippen LogP contribution in [-0.4, -0.2) is 23.9 Å². The maximum atomic E-state index is 13.3. The quantitative estimate of drug-likeness (QED) is 0.448. The number of rotatable bonds is 3. The summed E-state index contributed by atoms with van der Waals surface area (Å²) in [5, 5.41) is 9.49. The number of nitrogens with zero attached hydrogens (tertiary/aromatic N) is 2. The van der Waals surface area contributed by atoms with Gasteiger partial charge in [-0.05, 0) is 39.0 Å². The molecule has 8 heteroatoms. The van der Waals surface area contributed by atoms with Gasteiger partial charge < -0.3 is 16.2 Å². The number of nitrogens with one attached hydrogen (secondary N) is 1. The normalized spacial score (nSPS) is 11.2. The van der Waals surface area contributed by atoms with Crippen LogP contribution in [0.2, 0.25) is 0 Å². The van der Waals surface area contributed by atoms with Crippen molar-refractivity contribution in [2.24, 2.45) is 21.7 Å². The molecule has 21 heavy (non-hydrogen) atoms. The van der Waals surface area contributed by atoms with Gasteiger partial charge in [0.05, 0.1) is 11.9 Å². The minimum Gasteiger partial charge on any atom is -0.444 e. The third kappa shape index (κ3) is 6.37. The van der Waals surface area contributed by atoms with Crippen LogP contribution < -0.4 is 16.8 Å². The van der Waals surface area contributed by atoms with E-state index in [1.54, 1.807) is 20.8 Å². The molecular weight excluding hydrogens is 277 g/mol. The van der Waals surface area contributed by atoms with E-state index in [0.717, 1.165) is 0 Å². The molecule has 0 aliphatic rings. The van der Waals surface area contributed by atoms with Gasteiger partial charge >= 0.3 is 6.09 Å². The van der Waals surface area contributed by atoms with Crippen molar-refractivity contribution in [3.63, 3.8) is 0 Å². The summed E-state index contributed by atoms with van der Waals surface area (Å²) in [6.45, 7) is 5.20. The summed E-state index contributed by atoms with van der Waals surface area (Å²) >= 11 is 0. The van der Waals surface area contributed by atoms with E-state index in [0.29, 0.717) is 11.3 Å². The van der Waals surface area contributed by atoms with Crippen molar-refractivity contribution in [2.45, 2.75) is 26.4 Å². The Balaban J connectivity index is 2.94. The zero-order chi connectivity index (χ0) is 16.0. The summed E-state index contributed by atoms with van der Waals surface area (Å²) < 4.78 is 18.4. The SMILES string of the molecule is CC(C)(C)OC(=O)Nc1ccc(F)cc1C=NN=C(N)N. The average Bonchev–Trinajstić information content (AvgIpc) is 2.29. The van der Waals surface area contributed by atoms with Crippen LogP contribution in [0.5, 0.6) is 0 Å². The molecule has 7 nitrogen and oxygen atoms in total. The Labute approximate surface area is 121 Å². The monoisotopic (exact) mass is 295 g/mol. The van der Waals surface area contributed by atoms with Gasteiger partial charge in [0.15, 0.2) is 0 Å². The third-order valence-corrected chi connectivity index (χ3v) is 2.02.